The highest BCUT2D eigenvalue weighted by Crippen LogP contribution is 2.28. The van der Waals surface area contributed by atoms with Gasteiger partial charge in [-0.05, 0) is 31.9 Å². The molecule has 5 heteroatoms. The third kappa shape index (κ3) is 3.03. The second-order valence-electron chi connectivity index (χ2n) is 5.84. The molecule has 0 saturated carbocycles. The Balaban J connectivity index is 1.75. The van der Waals surface area contributed by atoms with Crippen LogP contribution < -0.4 is 0 Å². The van der Waals surface area contributed by atoms with Crippen LogP contribution in [-0.2, 0) is 4.79 Å². The van der Waals surface area contributed by atoms with Gasteiger partial charge in [0, 0.05) is 25.1 Å². The van der Waals surface area contributed by atoms with Crippen LogP contribution in [0, 0.1) is 6.92 Å². The van der Waals surface area contributed by atoms with E-state index in [-0.39, 0.29) is 11.8 Å². The van der Waals surface area contributed by atoms with E-state index in [4.69, 9.17) is 4.42 Å². The molecule has 22 heavy (non-hydrogen) atoms. The van der Waals surface area contributed by atoms with Crippen molar-refractivity contribution in [3.8, 4) is 11.5 Å². The number of amides is 1. The van der Waals surface area contributed by atoms with Crippen molar-refractivity contribution in [3.05, 3.63) is 35.7 Å². The van der Waals surface area contributed by atoms with Crippen molar-refractivity contribution in [2.24, 2.45) is 0 Å². The van der Waals surface area contributed by atoms with Crippen LogP contribution in [0.4, 0.5) is 0 Å². The molecule has 2 heterocycles. The SMILES string of the molecule is CCC(=O)N1CCC[C@@H](c2nnc(-c3ccc(C)cc3)o2)C1. The minimum Gasteiger partial charge on any atom is -0.420 e. The Bertz CT molecular complexity index is 648. The first-order chi connectivity index (χ1) is 10.7. The quantitative estimate of drug-likeness (QED) is 0.873. The predicted octanol–water partition coefficient (Wildman–Crippen LogP) is 3.16. The molecule has 1 saturated heterocycles. The number of rotatable bonds is 3. The fourth-order valence-corrected chi connectivity index (χ4v) is 2.84. The number of hydrogen-bond acceptors (Lipinski definition) is 4. The van der Waals surface area contributed by atoms with Gasteiger partial charge in [0.1, 0.15) is 0 Å². The number of carbonyl (C=O) groups excluding carboxylic acids is 1. The maximum Gasteiger partial charge on any atom is 0.247 e. The number of aryl methyl sites for hydroxylation is 1. The molecule has 1 aromatic heterocycles. The van der Waals surface area contributed by atoms with E-state index in [1.807, 2.05) is 43.0 Å². The average molecular weight is 299 g/mol. The van der Waals surface area contributed by atoms with E-state index in [1.165, 1.54) is 5.56 Å². The smallest absolute Gasteiger partial charge is 0.247 e. The third-order valence-electron chi connectivity index (χ3n) is 4.16. The Morgan fingerprint density at radius 1 is 1.32 bits per heavy atom. The Morgan fingerprint density at radius 3 is 2.82 bits per heavy atom. The standard InChI is InChI=1S/C17H21N3O2/c1-3-15(21)20-10-4-5-14(11-20)17-19-18-16(22-17)13-8-6-12(2)7-9-13/h6-9,14H,3-5,10-11H2,1-2H3/t14-/m1/s1. The van der Waals surface area contributed by atoms with Crippen LogP contribution in [0.25, 0.3) is 11.5 Å². The molecule has 1 aromatic carbocycles. The lowest BCUT2D eigenvalue weighted by Gasteiger charge is -2.30. The van der Waals surface area contributed by atoms with Crippen molar-refractivity contribution in [3.63, 3.8) is 0 Å². The number of aromatic nitrogens is 2. The van der Waals surface area contributed by atoms with Crippen molar-refractivity contribution in [2.75, 3.05) is 13.1 Å². The zero-order chi connectivity index (χ0) is 15.5. The van der Waals surface area contributed by atoms with E-state index in [0.717, 1.165) is 24.9 Å². The summed E-state index contributed by atoms with van der Waals surface area (Å²) >= 11 is 0. The summed E-state index contributed by atoms with van der Waals surface area (Å²) in [6, 6.07) is 8.03. The molecular formula is C17H21N3O2. The van der Waals surface area contributed by atoms with Crippen molar-refractivity contribution in [1.29, 1.82) is 0 Å². The highest BCUT2D eigenvalue weighted by atomic mass is 16.4. The van der Waals surface area contributed by atoms with Crippen molar-refractivity contribution >= 4 is 5.91 Å². The second kappa shape index (κ2) is 6.30. The maximum atomic E-state index is 11.9. The summed E-state index contributed by atoms with van der Waals surface area (Å²) in [5.74, 6) is 1.54. The van der Waals surface area contributed by atoms with E-state index in [9.17, 15) is 4.79 Å². The van der Waals surface area contributed by atoms with Gasteiger partial charge < -0.3 is 9.32 Å². The van der Waals surface area contributed by atoms with Crippen LogP contribution in [0.3, 0.4) is 0 Å². The topological polar surface area (TPSA) is 59.2 Å². The lowest BCUT2D eigenvalue weighted by molar-refractivity contribution is -0.132. The van der Waals surface area contributed by atoms with Gasteiger partial charge in [0.05, 0.1) is 5.92 Å². The van der Waals surface area contributed by atoms with Crippen molar-refractivity contribution in [2.45, 2.75) is 39.0 Å². The molecular weight excluding hydrogens is 278 g/mol. The van der Waals surface area contributed by atoms with E-state index in [1.54, 1.807) is 0 Å². The molecule has 1 aliphatic heterocycles. The number of hydrogen-bond donors (Lipinski definition) is 0. The average Bonchev–Trinajstić information content (AvgIpc) is 3.05. The van der Waals surface area contributed by atoms with Crippen LogP contribution in [0.2, 0.25) is 0 Å². The minimum absolute atomic E-state index is 0.149. The lowest BCUT2D eigenvalue weighted by atomic mass is 9.98. The van der Waals surface area contributed by atoms with Crippen LogP contribution in [0.5, 0.6) is 0 Å². The van der Waals surface area contributed by atoms with Gasteiger partial charge in [-0.1, -0.05) is 24.6 Å². The molecule has 3 rings (SSSR count). The Morgan fingerprint density at radius 2 is 2.09 bits per heavy atom. The fraction of sp³-hybridized carbons (Fsp3) is 0.471. The summed E-state index contributed by atoms with van der Waals surface area (Å²) < 4.78 is 5.85. The predicted molar refractivity (Wildman–Crippen MR) is 83.3 cm³/mol. The summed E-state index contributed by atoms with van der Waals surface area (Å²) in [6.07, 6.45) is 2.52. The lowest BCUT2D eigenvalue weighted by Crippen LogP contribution is -2.38. The zero-order valence-electron chi connectivity index (χ0n) is 13.1. The molecule has 0 bridgehead atoms. The highest BCUT2D eigenvalue weighted by Gasteiger charge is 2.27. The summed E-state index contributed by atoms with van der Waals surface area (Å²) in [6.45, 7) is 5.46. The van der Waals surface area contributed by atoms with E-state index >= 15 is 0 Å². The second-order valence-corrected chi connectivity index (χ2v) is 5.84. The van der Waals surface area contributed by atoms with E-state index in [2.05, 4.69) is 10.2 Å². The minimum atomic E-state index is 0.149. The first kappa shape index (κ1) is 14.8. The van der Waals surface area contributed by atoms with Gasteiger partial charge in [0.25, 0.3) is 0 Å². The number of piperidine rings is 1. The molecule has 1 fully saturated rings. The Labute approximate surface area is 130 Å². The molecule has 2 aromatic rings. The largest absolute Gasteiger partial charge is 0.420 e. The highest BCUT2D eigenvalue weighted by molar-refractivity contribution is 5.76. The molecule has 0 unspecified atom stereocenters. The molecule has 0 aliphatic carbocycles. The van der Waals surface area contributed by atoms with E-state index < -0.39 is 0 Å². The van der Waals surface area contributed by atoms with Gasteiger partial charge in [0.2, 0.25) is 17.7 Å². The molecule has 0 radical (unpaired) electrons. The van der Waals surface area contributed by atoms with E-state index in [0.29, 0.717) is 24.7 Å². The molecule has 5 nitrogen and oxygen atoms in total. The van der Waals surface area contributed by atoms with Gasteiger partial charge in [-0.25, -0.2) is 0 Å². The number of nitrogens with zero attached hydrogens (tertiary/aromatic N) is 3. The van der Waals surface area contributed by atoms with Gasteiger partial charge in [-0.15, -0.1) is 10.2 Å². The molecule has 116 valence electrons. The molecule has 1 aliphatic rings. The molecule has 0 N–H and O–H groups in total. The number of carbonyl (C=O) groups is 1. The number of likely N-dealkylation sites (tertiary alicyclic amines) is 1. The van der Waals surface area contributed by atoms with Gasteiger partial charge in [-0.3, -0.25) is 4.79 Å². The van der Waals surface area contributed by atoms with Gasteiger partial charge in [-0.2, -0.15) is 0 Å². The van der Waals surface area contributed by atoms with Crippen LogP contribution in [-0.4, -0.2) is 34.1 Å². The Hall–Kier alpha value is -2.17. The molecule has 1 atom stereocenters. The summed E-state index contributed by atoms with van der Waals surface area (Å²) in [5, 5.41) is 8.36. The third-order valence-corrected chi connectivity index (χ3v) is 4.16. The monoisotopic (exact) mass is 299 g/mol. The Kier molecular flexibility index (Phi) is 4.22. The van der Waals surface area contributed by atoms with Crippen molar-refractivity contribution < 1.29 is 9.21 Å². The maximum absolute atomic E-state index is 11.9. The zero-order valence-corrected chi connectivity index (χ0v) is 13.1. The normalized spacial score (nSPS) is 18.5. The summed E-state index contributed by atoms with van der Waals surface area (Å²) in [5.41, 5.74) is 2.13. The molecule has 1 amide bonds. The first-order valence-corrected chi connectivity index (χ1v) is 7.85. The van der Waals surface area contributed by atoms with Crippen LogP contribution in [0.15, 0.2) is 28.7 Å². The van der Waals surface area contributed by atoms with Gasteiger partial charge >= 0.3 is 0 Å². The number of benzene rings is 1. The molecule has 0 spiro atoms. The van der Waals surface area contributed by atoms with Gasteiger partial charge in [0.15, 0.2) is 0 Å². The first-order valence-electron chi connectivity index (χ1n) is 7.85. The summed E-state index contributed by atoms with van der Waals surface area (Å²) in [7, 11) is 0. The van der Waals surface area contributed by atoms with Crippen LogP contribution in [0.1, 0.15) is 43.6 Å². The van der Waals surface area contributed by atoms with Crippen molar-refractivity contribution in [1.82, 2.24) is 15.1 Å². The van der Waals surface area contributed by atoms with Crippen LogP contribution >= 0.6 is 0 Å². The summed E-state index contributed by atoms with van der Waals surface area (Å²) in [4.78, 5) is 13.8. The fourth-order valence-electron chi connectivity index (χ4n) is 2.84.